The first-order valence-electron chi connectivity index (χ1n) is 7.52. The average molecular weight is 350 g/mol. The second-order valence-electron chi connectivity index (χ2n) is 5.23. The standard InChI is InChI=1S/C14H14O6.C3H4O2/c15-13(19-7-11-5-17-11)9-1-2-10(4-3-9)14(16)20-8-12-6-18-12;1-2-3(4)5/h1-4,11-12H,5-8H2;2H,1H2,(H,4,5). The number of hydrogen-bond acceptors (Lipinski definition) is 7. The van der Waals surface area contributed by atoms with Gasteiger partial charge in [0.25, 0.3) is 0 Å². The number of carboxylic acids is 1. The quantitative estimate of drug-likeness (QED) is 0.441. The zero-order valence-electron chi connectivity index (χ0n) is 13.4. The third-order valence-corrected chi connectivity index (χ3v) is 3.14. The monoisotopic (exact) mass is 350 g/mol. The molecule has 0 aromatic heterocycles. The van der Waals surface area contributed by atoms with Crippen molar-refractivity contribution in [2.75, 3.05) is 26.4 Å². The minimum absolute atomic E-state index is 0.0397. The van der Waals surface area contributed by atoms with Crippen LogP contribution in [0.2, 0.25) is 0 Å². The molecule has 0 spiro atoms. The van der Waals surface area contributed by atoms with E-state index in [1.165, 1.54) is 0 Å². The molecule has 2 fully saturated rings. The molecule has 2 heterocycles. The number of esters is 2. The van der Waals surface area contributed by atoms with Gasteiger partial charge in [-0.3, -0.25) is 0 Å². The molecule has 0 amide bonds. The highest BCUT2D eigenvalue weighted by atomic mass is 16.6. The number of carbonyl (C=O) groups is 3. The molecule has 1 aromatic carbocycles. The van der Waals surface area contributed by atoms with Gasteiger partial charge in [-0.15, -0.1) is 0 Å². The Bertz CT molecular complexity index is 582. The van der Waals surface area contributed by atoms with Crippen LogP contribution in [-0.4, -0.2) is 61.6 Å². The highest BCUT2D eigenvalue weighted by Gasteiger charge is 2.25. The van der Waals surface area contributed by atoms with E-state index in [4.69, 9.17) is 24.1 Å². The van der Waals surface area contributed by atoms with E-state index >= 15 is 0 Å². The Labute approximate surface area is 143 Å². The molecule has 25 heavy (non-hydrogen) atoms. The minimum Gasteiger partial charge on any atom is -0.478 e. The van der Waals surface area contributed by atoms with Crippen LogP contribution < -0.4 is 0 Å². The van der Waals surface area contributed by atoms with Gasteiger partial charge in [0.05, 0.1) is 24.3 Å². The Hall–Kier alpha value is -2.71. The van der Waals surface area contributed by atoms with Gasteiger partial charge in [-0.2, -0.15) is 0 Å². The summed E-state index contributed by atoms with van der Waals surface area (Å²) in [5, 5.41) is 7.60. The first kappa shape index (κ1) is 18.6. The first-order chi connectivity index (χ1) is 12.0. The third kappa shape index (κ3) is 7.15. The molecular formula is C17H18O8. The number of carboxylic acid groups (broad SMARTS) is 1. The van der Waals surface area contributed by atoms with E-state index in [0.29, 0.717) is 24.3 Å². The highest BCUT2D eigenvalue weighted by Crippen LogP contribution is 2.13. The maximum absolute atomic E-state index is 11.7. The van der Waals surface area contributed by atoms with Crippen LogP contribution in [0.5, 0.6) is 0 Å². The molecule has 2 atom stereocenters. The van der Waals surface area contributed by atoms with Gasteiger partial charge in [0.15, 0.2) is 0 Å². The largest absolute Gasteiger partial charge is 0.478 e. The van der Waals surface area contributed by atoms with Crippen molar-refractivity contribution in [1.82, 2.24) is 0 Å². The van der Waals surface area contributed by atoms with Crippen molar-refractivity contribution in [3.63, 3.8) is 0 Å². The van der Waals surface area contributed by atoms with E-state index in [-0.39, 0.29) is 25.4 Å². The second kappa shape index (κ2) is 8.95. The summed E-state index contributed by atoms with van der Waals surface area (Å²) >= 11 is 0. The first-order valence-corrected chi connectivity index (χ1v) is 7.52. The van der Waals surface area contributed by atoms with Gasteiger partial charge in [-0.1, -0.05) is 6.58 Å². The van der Waals surface area contributed by atoms with Gasteiger partial charge in [0.1, 0.15) is 25.4 Å². The molecule has 8 heteroatoms. The number of aliphatic carboxylic acids is 1. The molecule has 3 rings (SSSR count). The molecule has 0 saturated carbocycles. The summed E-state index contributed by atoms with van der Waals surface area (Å²) in [6.45, 7) is 4.78. The lowest BCUT2D eigenvalue weighted by molar-refractivity contribution is -0.131. The maximum Gasteiger partial charge on any atom is 0.338 e. The lowest BCUT2D eigenvalue weighted by atomic mass is 10.1. The average Bonchev–Trinajstić information content (AvgIpc) is 3.52. The van der Waals surface area contributed by atoms with Gasteiger partial charge < -0.3 is 24.1 Å². The fourth-order valence-corrected chi connectivity index (χ4v) is 1.57. The summed E-state index contributed by atoms with van der Waals surface area (Å²) in [5.74, 6) is -1.83. The number of ether oxygens (including phenoxy) is 4. The van der Waals surface area contributed by atoms with Crippen LogP contribution in [-0.2, 0) is 23.7 Å². The number of rotatable bonds is 7. The van der Waals surface area contributed by atoms with Gasteiger partial charge in [-0.25, -0.2) is 14.4 Å². The third-order valence-electron chi connectivity index (χ3n) is 3.14. The molecule has 0 radical (unpaired) electrons. The minimum atomic E-state index is -0.981. The molecule has 1 N–H and O–H groups in total. The van der Waals surface area contributed by atoms with Crippen molar-refractivity contribution >= 4 is 17.9 Å². The smallest absolute Gasteiger partial charge is 0.338 e. The number of epoxide rings is 2. The Morgan fingerprint density at radius 3 is 1.56 bits per heavy atom. The van der Waals surface area contributed by atoms with E-state index in [1.54, 1.807) is 24.3 Å². The molecule has 1 aromatic rings. The zero-order valence-corrected chi connectivity index (χ0v) is 13.4. The van der Waals surface area contributed by atoms with Crippen LogP contribution in [0.25, 0.3) is 0 Å². The van der Waals surface area contributed by atoms with Crippen LogP contribution in [0.1, 0.15) is 20.7 Å². The Morgan fingerprint density at radius 2 is 1.32 bits per heavy atom. The van der Waals surface area contributed by atoms with Crippen LogP contribution in [0.4, 0.5) is 0 Å². The maximum atomic E-state index is 11.7. The molecule has 2 aliphatic heterocycles. The second-order valence-corrected chi connectivity index (χ2v) is 5.23. The van der Waals surface area contributed by atoms with E-state index in [9.17, 15) is 14.4 Å². The van der Waals surface area contributed by atoms with Crippen LogP contribution in [0.3, 0.4) is 0 Å². The summed E-state index contributed by atoms with van der Waals surface area (Å²) in [5.41, 5.74) is 0.792. The lowest BCUT2D eigenvalue weighted by Crippen LogP contribution is -2.12. The predicted octanol–water partition coefficient (Wildman–Crippen LogP) is 1.05. The fourth-order valence-electron chi connectivity index (χ4n) is 1.57. The van der Waals surface area contributed by atoms with Gasteiger partial charge >= 0.3 is 17.9 Å². The molecule has 0 aliphatic carbocycles. The summed E-state index contributed by atoms with van der Waals surface area (Å²) in [7, 11) is 0. The zero-order chi connectivity index (χ0) is 18.2. The Balaban J connectivity index is 0.000000399. The molecule has 2 aliphatic rings. The summed E-state index contributed by atoms with van der Waals surface area (Å²) in [6.07, 6.45) is 0.913. The van der Waals surface area contributed by atoms with Crippen molar-refractivity contribution in [3.05, 3.63) is 48.0 Å². The number of carbonyl (C=O) groups excluding carboxylic acids is 2. The van der Waals surface area contributed by atoms with E-state index in [2.05, 4.69) is 6.58 Å². The van der Waals surface area contributed by atoms with E-state index < -0.39 is 17.9 Å². The lowest BCUT2D eigenvalue weighted by Gasteiger charge is -2.05. The van der Waals surface area contributed by atoms with Crippen molar-refractivity contribution < 1.29 is 38.4 Å². The van der Waals surface area contributed by atoms with Gasteiger partial charge in [-0.05, 0) is 24.3 Å². The fraction of sp³-hybridized carbons (Fsp3) is 0.353. The topological polar surface area (TPSA) is 115 Å². The molecule has 134 valence electrons. The van der Waals surface area contributed by atoms with Crippen molar-refractivity contribution in [2.45, 2.75) is 12.2 Å². The van der Waals surface area contributed by atoms with Crippen molar-refractivity contribution in [2.24, 2.45) is 0 Å². The van der Waals surface area contributed by atoms with Gasteiger partial charge in [0.2, 0.25) is 0 Å². The summed E-state index contributed by atoms with van der Waals surface area (Å²) in [4.78, 5) is 32.6. The Morgan fingerprint density at radius 1 is 1.00 bits per heavy atom. The van der Waals surface area contributed by atoms with Crippen molar-refractivity contribution in [3.8, 4) is 0 Å². The molecular weight excluding hydrogens is 332 g/mol. The predicted molar refractivity (Wildman–Crippen MR) is 84.3 cm³/mol. The summed E-state index contributed by atoms with van der Waals surface area (Å²) in [6, 6.07) is 6.17. The van der Waals surface area contributed by atoms with E-state index in [0.717, 1.165) is 6.08 Å². The van der Waals surface area contributed by atoms with Crippen molar-refractivity contribution in [1.29, 1.82) is 0 Å². The van der Waals surface area contributed by atoms with Crippen LogP contribution in [0.15, 0.2) is 36.9 Å². The summed E-state index contributed by atoms with van der Waals surface area (Å²) < 4.78 is 20.0. The van der Waals surface area contributed by atoms with E-state index in [1.807, 2.05) is 0 Å². The highest BCUT2D eigenvalue weighted by molar-refractivity contribution is 5.93. The molecule has 0 bridgehead atoms. The molecule has 2 unspecified atom stereocenters. The normalized spacial score (nSPS) is 19.7. The number of benzene rings is 1. The SMILES string of the molecule is C=CC(=O)O.O=C(OCC1CO1)c1ccc(C(=O)OCC2CO2)cc1. The van der Waals surface area contributed by atoms with Crippen LogP contribution >= 0.6 is 0 Å². The van der Waals surface area contributed by atoms with Crippen LogP contribution in [0, 0.1) is 0 Å². The number of hydrogen-bond donors (Lipinski definition) is 1. The van der Waals surface area contributed by atoms with Gasteiger partial charge in [0, 0.05) is 6.08 Å². The Kier molecular flexibility index (Phi) is 6.67. The molecule has 2 saturated heterocycles. The molecule has 8 nitrogen and oxygen atoms in total.